The van der Waals surface area contributed by atoms with Gasteiger partial charge in [-0.15, -0.1) is 0 Å². The van der Waals surface area contributed by atoms with Crippen LogP contribution in [-0.4, -0.2) is 12.5 Å². The monoisotopic (exact) mass is 218 g/mol. The third-order valence-corrected chi connectivity index (χ3v) is 2.20. The van der Waals surface area contributed by atoms with Crippen molar-refractivity contribution in [3.8, 4) is 0 Å². The number of carbonyl (C=O) groups is 1. The summed E-state index contributed by atoms with van der Waals surface area (Å²) in [4.78, 5) is 13.6. The lowest BCUT2D eigenvalue weighted by atomic mass is 10.1. The summed E-state index contributed by atoms with van der Waals surface area (Å²) >= 11 is 0. The number of hydrogen-bond donors (Lipinski definition) is 1. The molecule has 1 N–H and O–H groups in total. The van der Waals surface area contributed by atoms with Crippen molar-refractivity contribution in [2.24, 2.45) is 5.11 Å². The maximum atomic E-state index is 11.1. The first-order chi connectivity index (χ1) is 7.76. The molecule has 84 valence electrons. The predicted molar refractivity (Wildman–Crippen MR) is 61.7 cm³/mol. The van der Waals surface area contributed by atoms with Gasteiger partial charge in [0.25, 0.3) is 0 Å². The Morgan fingerprint density at radius 2 is 2.00 bits per heavy atom. The maximum absolute atomic E-state index is 11.1. The first-order valence-electron chi connectivity index (χ1n) is 5.11. The van der Waals surface area contributed by atoms with E-state index in [2.05, 4.69) is 22.3 Å². The molecule has 1 rings (SSSR count). The normalized spacial score (nSPS) is 9.31. The van der Waals surface area contributed by atoms with Crippen LogP contribution in [0.25, 0.3) is 10.4 Å². The van der Waals surface area contributed by atoms with Crippen LogP contribution in [0.15, 0.2) is 29.4 Å². The molecule has 5 heteroatoms. The van der Waals surface area contributed by atoms with Gasteiger partial charge in [0, 0.05) is 11.5 Å². The number of benzene rings is 1. The van der Waals surface area contributed by atoms with E-state index in [0.717, 1.165) is 12.0 Å². The molecule has 0 spiro atoms. The minimum atomic E-state index is -0.266. The van der Waals surface area contributed by atoms with Gasteiger partial charge < -0.3 is 5.32 Å². The second-order valence-electron chi connectivity index (χ2n) is 3.34. The molecule has 0 unspecified atom stereocenters. The van der Waals surface area contributed by atoms with Crippen molar-refractivity contribution in [1.82, 2.24) is 5.32 Å². The predicted octanol–water partition coefficient (Wildman–Crippen LogP) is 2.18. The van der Waals surface area contributed by atoms with Crippen LogP contribution in [0, 0.1) is 0 Å². The van der Waals surface area contributed by atoms with Gasteiger partial charge in [-0.3, -0.25) is 4.79 Å². The number of nitrogens with zero attached hydrogens (tertiary/aromatic N) is 3. The summed E-state index contributed by atoms with van der Waals surface area (Å²) in [6.45, 7) is 2.41. The fraction of sp³-hybridized carbons (Fsp3) is 0.364. The largest absolute Gasteiger partial charge is 0.352 e. The summed E-state index contributed by atoms with van der Waals surface area (Å²) in [7, 11) is 0. The molecule has 0 heterocycles. The van der Waals surface area contributed by atoms with Gasteiger partial charge >= 0.3 is 0 Å². The molecule has 1 aromatic rings. The van der Waals surface area contributed by atoms with Crippen LogP contribution in [0.2, 0.25) is 0 Å². The maximum Gasteiger partial charge on any atom is 0.226 e. The summed E-state index contributed by atoms with van der Waals surface area (Å²) in [5.74, 6) is -0.266. The second kappa shape index (κ2) is 6.48. The highest BCUT2D eigenvalue weighted by atomic mass is 16.1. The van der Waals surface area contributed by atoms with Crippen molar-refractivity contribution in [1.29, 1.82) is 0 Å². The third-order valence-electron chi connectivity index (χ3n) is 2.20. The Bertz CT molecular complexity index is 393. The molecule has 0 aliphatic heterocycles. The zero-order chi connectivity index (χ0) is 11.8. The van der Waals surface area contributed by atoms with Gasteiger partial charge in [-0.2, -0.15) is 0 Å². The van der Waals surface area contributed by atoms with Gasteiger partial charge in [0.05, 0.1) is 0 Å². The summed E-state index contributed by atoms with van der Waals surface area (Å²) in [5.41, 5.74) is 10.3. The van der Waals surface area contributed by atoms with Gasteiger partial charge in [-0.1, -0.05) is 36.3 Å². The highest BCUT2D eigenvalue weighted by Gasteiger charge is 1.98. The molecule has 1 amide bonds. The Morgan fingerprint density at radius 1 is 1.38 bits per heavy atom. The van der Waals surface area contributed by atoms with Crippen molar-refractivity contribution in [2.45, 2.75) is 19.9 Å². The number of rotatable bonds is 5. The Balaban J connectivity index is 2.42. The van der Waals surface area contributed by atoms with Crippen molar-refractivity contribution in [2.75, 3.05) is 6.54 Å². The number of carbonyl (C=O) groups excluding carboxylic acids is 1. The van der Waals surface area contributed by atoms with E-state index in [1.54, 1.807) is 0 Å². The Morgan fingerprint density at radius 3 is 2.56 bits per heavy atom. The number of hydrogen-bond acceptors (Lipinski definition) is 2. The van der Waals surface area contributed by atoms with E-state index in [9.17, 15) is 4.79 Å². The second-order valence-corrected chi connectivity index (χ2v) is 3.34. The average molecular weight is 218 g/mol. The fourth-order valence-corrected chi connectivity index (χ4v) is 1.25. The SMILES string of the molecule is CCc1ccc(CNC(=O)CN=[N+]=[N-])cc1. The van der Waals surface area contributed by atoms with E-state index in [-0.39, 0.29) is 12.5 Å². The highest BCUT2D eigenvalue weighted by molar-refractivity contribution is 5.78. The molecular formula is C11H14N4O. The lowest BCUT2D eigenvalue weighted by Crippen LogP contribution is -2.24. The van der Waals surface area contributed by atoms with Gasteiger partial charge in [-0.05, 0) is 23.1 Å². The van der Waals surface area contributed by atoms with Gasteiger partial charge in [0.15, 0.2) is 0 Å². The van der Waals surface area contributed by atoms with Gasteiger partial charge in [0.2, 0.25) is 5.91 Å². The van der Waals surface area contributed by atoms with E-state index < -0.39 is 0 Å². The first kappa shape index (κ1) is 12.1. The number of aryl methyl sites for hydroxylation is 1. The average Bonchev–Trinajstić information content (AvgIpc) is 2.34. The molecule has 1 aromatic carbocycles. The molecule has 0 saturated carbocycles. The molecule has 0 aromatic heterocycles. The number of azide groups is 1. The Hall–Kier alpha value is -2.00. The van der Waals surface area contributed by atoms with Crippen LogP contribution in [0.1, 0.15) is 18.1 Å². The zero-order valence-corrected chi connectivity index (χ0v) is 9.18. The first-order valence-corrected chi connectivity index (χ1v) is 5.11. The summed E-state index contributed by atoms with van der Waals surface area (Å²) in [5, 5.41) is 5.85. The van der Waals surface area contributed by atoms with Crippen LogP contribution < -0.4 is 5.32 Å². The standard InChI is InChI=1S/C11H14N4O/c1-2-9-3-5-10(6-4-9)7-13-11(16)8-14-15-12/h3-6H,2,7-8H2,1H3,(H,13,16). The smallest absolute Gasteiger partial charge is 0.226 e. The van der Waals surface area contributed by atoms with Crippen LogP contribution in [0.5, 0.6) is 0 Å². The fourth-order valence-electron chi connectivity index (χ4n) is 1.25. The Kier molecular flexibility index (Phi) is 4.89. The molecular weight excluding hydrogens is 204 g/mol. The van der Waals surface area contributed by atoms with Gasteiger partial charge in [0.1, 0.15) is 6.54 Å². The minimum Gasteiger partial charge on any atom is -0.352 e. The quantitative estimate of drug-likeness (QED) is 0.459. The lowest BCUT2D eigenvalue weighted by Gasteiger charge is -2.04. The van der Waals surface area contributed by atoms with Crippen molar-refractivity contribution in [3.05, 3.63) is 45.8 Å². The molecule has 0 radical (unpaired) electrons. The van der Waals surface area contributed by atoms with E-state index in [4.69, 9.17) is 5.53 Å². The van der Waals surface area contributed by atoms with Crippen LogP contribution in [0.4, 0.5) is 0 Å². The molecule has 0 aliphatic carbocycles. The van der Waals surface area contributed by atoms with Crippen molar-refractivity contribution < 1.29 is 4.79 Å². The molecule has 0 bridgehead atoms. The zero-order valence-electron chi connectivity index (χ0n) is 9.18. The summed E-state index contributed by atoms with van der Waals surface area (Å²) in [6, 6.07) is 8.03. The minimum absolute atomic E-state index is 0.149. The lowest BCUT2D eigenvalue weighted by molar-refractivity contribution is -0.119. The highest BCUT2D eigenvalue weighted by Crippen LogP contribution is 2.04. The van der Waals surface area contributed by atoms with E-state index in [0.29, 0.717) is 6.54 Å². The number of nitrogens with one attached hydrogen (secondary N) is 1. The molecule has 0 aliphatic rings. The molecule has 0 atom stereocenters. The van der Waals surface area contributed by atoms with Crippen molar-refractivity contribution >= 4 is 5.91 Å². The van der Waals surface area contributed by atoms with Crippen LogP contribution >= 0.6 is 0 Å². The summed E-state index contributed by atoms with van der Waals surface area (Å²) < 4.78 is 0. The molecule has 16 heavy (non-hydrogen) atoms. The van der Waals surface area contributed by atoms with E-state index in [1.807, 2.05) is 24.3 Å². The van der Waals surface area contributed by atoms with E-state index in [1.165, 1.54) is 5.56 Å². The number of amides is 1. The molecule has 0 saturated heterocycles. The Labute approximate surface area is 94.1 Å². The third kappa shape index (κ3) is 4.02. The van der Waals surface area contributed by atoms with Crippen molar-refractivity contribution in [3.63, 3.8) is 0 Å². The van der Waals surface area contributed by atoms with Gasteiger partial charge in [-0.25, -0.2) is 0 Å². The molecule has 5 nitrogen and oxygen atoms in total. The topological polar surface area (TPSA) is 77.9 Å². The van der Waals surface area contributed by atoms with E-state index >= 15 is 0 Å². The molecule has 0 fully saturated rings. The van der Waals surface area contributed by atoms with Crippen LogP contribution in [0.3, 0.4) is 0 Å². The summed E-state index contributed by atoms with van der Waals surface area (Å²) in [6.07, 6.45) is 1.00. The van der Waals surface area contributed by atoms with Crippen LogP contribution in [-0.2, 0) is 17.8 Å².